The zero-order valence-corrected chi connectivity index (χ0v) is 17.2. The predicted octanol–water partition coefficient (Wildman–Crippen LogP) is 3.22. The van der Waals surface area contributed by atoms with Crippen LogP contribution in [0.25, 0.3) is 0 Å². The molecule has 0 aromatic carbocycles. The molecule has 148 valence electrons. The van der Waals surface area contributed by atoms with Crippen molar-refractivity contribution in [2.75, 3.05) is 33.2 Å². The van der Waals surface area contributed by atoms with Gasteiger partial charge in [0.1, 0.15) is 0 Å². The van der Waals surface area contributed by atoms with Gasteiger partial charge in [0.2, 0.25) is 0 Å². The number of aliphatic imine (C=N–C) groups is 1. The van der Waals surface area contributed by atoms with Gasteiger partial charge in [0.05, 0.1) is 12.2 Å². The largest absolute Gasteiger partial charge is 0.359 e. The van der Waals surface area contributed by atoms with Gasteiger partial charge < -0.3 is 20.1 Å². The molecule has 0 radical (unpaired) electrons. The van der Waals surface area contributed by atoms with Gasteiger partial charge in [-0.2, -0.15) is 0 Å². The highest BCUT2D eigenvalue weighted by Crippen LogP contribution is 2.21. The molecule has 26 heavy (non-hydrogen) atoms. The first-order valence-electron chi connectivity index (χ1n) is 10.1. The molecule has 0 aliphatic carbocycles. The number of unbranched alkanes of at least 4 members (excludes halogenated alkanes) is 1. The summed E-state index contributed by atoms with van der Waals surface area (Å²) < 4.78 is 5.35. The summed E-state index contributed by atoms with van der Waals surface area (Å²) in [5.41, 5.74) is 0.992. The molecule has 1 aliphatic rings. The monoisotopic (exact) mass is 363 g/mol. The summed E-state index contributed by atoms with van der Waals surface area (Å²) in [4.78, 5) is 6.90. The number of nitrogens with zero attached hydrogens (tertiary/aromatic N) is 3. The Morgan fingerprint density at radius 1 is 1.27 bits per heavy atom. The Hall–Kier alpha value is -1.56. The standard InChI is InChI=1S/C20H37N5O/c1-15(2)19-11-18(26-24-19)12-23-20(21-5)22-8-6-7-9-25-13-16(3)10-17(4)14-25/h11,15-17H,6-10,12-14H2,1-5H3,(H2,21,22,23). The summed E-state index contributed by atoms with van der Waals surface area (Å²) in [7, 11) is 1.80. The van der Waals surface area contributed by atoms with Gasteiger partial charge >= 0.3 is 0 Å². The molecule has 2 rings (SSSR count). The van der Waals surface area contributed by atoms with Gasteiger partial charge in [-0.3, -0.25) is 4.99 Å². The highest BCUT2D eigenvalue weighted by molar-refractivity contribution is 5.79. The average molecular weight is 364 g/mol. The number of hydrogen-bond acceptors (Lipinski definition) is 4. The molecule has 2 unspecified atom stereocenters. The number of rotatable bonds is 8. The van der Waals surface area contributed by atoms with Crippen LogP contribution in [0.3, 0.4) is 0 Å². The van der Waals surface area contributed by atoms with E-state index in [1.54, 1.807) is 7.05 Å². The Balaban J connectivity index is 1.59. The molecular weight excluding hydrogens is 326 g/mol. The van der Waals surface area contributed by atoms with E-state index in [0.717, 1.165) is 42.2 Å². The maximum Gasteiger partial charge on any atom is 0.191 e. The molecule has 1 fully saturated rings. The normalized spacial score (nSPS) is 22.0. The number of likely N-dealkylation sites (tertiary alicyclic amines) is 1. The van der Waals surface area contributed by atoms with Crippen LogP contribution >= 0.6 is 0 Å². The van der Waals surface area contributed by atoms with Gasteiger partial charge in [-0.25, -0.2) is 0 Å². The molecule has 0 saturated carbocycles. The first-order valence-corrected chi connectivity index (χ1v) is 10.1. The van der Waals surface area contributed by atoms with Crippen LogP contribution < -0.4 is 10.6 Å². The average Bonchev–Trinajstić information content (AvgIpc) is 3.05. The highest BCUT2D eigenvalue weighted by Gasteiger charge is 2.20. The SMILES string of the molecule is CN=C(NCCCCN1CC(C)CC(C)C1)NCc1cc(C(C)C)no1. The van der Waals surface area contributed by atoms with Crippen molar-refractivity contribution in [2.24, 2.45) is 16.8 Å². The van der Waals surface area contributed by atoms with Crippen molar-refractivity contribution in [2.45, 2.75) is 59.4 Å². The Morgan fingerprint density at radius 2 is 2.00 bits per heavy atom. The Morgan fingerprint density at radius 3 is 2.62 bits per heavy atom. The Kier molecular flexibility index (Phi) is 8.42. The maximum atomic E-state index is 5.35. The van der Waals surface area contributed by atoms with E-state index in [4.69, 9.17) is 4.52 Å². The number of guanidine groups is 1. The topological polar surface area (TPSA) is 65.7 Å². The predicted molar refractivity (Wildman–Crippen MR) is 107 cm³/mol. The molecule has 1 aromatic heterocycles. The van der Waals surface area contributed by atoms with Crippen LogP contribution in [0.1, 0.15) is 64.3 Å². The molecule has 2 N–H and O–H groups in total. The molecule has 1 aliphatic heterocycles. The van der Waals surface area contributed by atoms with E-state index in [9.17, 15) is 0 Å². The smallest absolute Gasteiger partial charge is 0.191 e. The second-order valence-corrected chi connectivity index (χ2v) is 8.14. The first-order chi connectivity index (χ1) is 12.5. The third-order valence-corrected chi connectivity index (χ3v) is 4.96. The molecule has 6 nitrogen and oxygen atoms in total. The Labute approximate surface area is 158 Å². The van der Waals surface area contributed by atoms with Gasteiger partial charge in [0.25, 0.3) is 0 Å². The van der Waals surface area contributed by atoms with Gasteiger partial charge in [0.15, 0.2) is 11.7 Å². The molecule has 0 spiro atoms. The molecular formula is C20H37N5O. The van der Waals surface area contributed by atoms with Crippen molar-refractivity contribution < 1.29 is 4.52 Å². The fourth-order valence-corrected chi connectivity index (χ4v) is 3.72. The molecule has 0 amide bonds. The van der Waals surface area contributed by atoms with Crippen LogP contribution in [0.4, 0.5) is 0 Å². The van der Waals surface area contributed by atoms with Gasteiger partial charge in [-0.15, -0.1) is 0 Å². The van der Waals surface area contributed by atoms with E-state index in [-0.39, 0.29) is 0 Å². The fraction of sp³-hybridized carbons (Fsp3) is 0.800. The summed E-state index contributed by atoms with van der Waals surface area (Å²) in [5.74, 6) is 3.72. The van der Waals surface area contributed by atoms with Crippen LogP contribution in [0.15, 0.2) is 15.6 Å². The minimum atomic E-state index is 0.385. The van der Waals surface area contributed by atoms with Crippen LogP contribution in [0.2, 0.25) is 0 Å². The number of aromatic nitrogens is 1. The molecule has 2 atom stereocenters. The summed E-state index contributed by atoms with van der Waals surface area (Å²) in [6.45, 7) is 14.2. The van der Waals surface area contributed by atoms with Gasteiger partial charge in [-0.1, -0.05) is 32.9 Å². The van der Waals surface area contributed by atoms with E-state index in [1.807, 2.05) is 6.07 Å². The van der Waals surface area contributed by atoms with E-state index in [1.165, 1.54) is 32.5 Å². The van der Waals surface area contributed by atoms with Crippen LogP contribution in [-0.2, 0) is 6.54 Å². The van der Waals surface area contributed by atoms with Crippen molar-refractivity contribution in [1.29, 1.82) is 0 Å². The summed E-state index contributed by atoms with van der Waals surface area (Å²) >= 11 is 0. The second-order valence-electron chi connectivity index (χ2n) is 8.14. The molecule has 6 heteroatoms. The summed E-state index contributed by atoms with van der Waals surface area (Å²) in [6, 6.07) is 2.01. The van der Waals surface area contributed by atoms with E-state index in [0.29, 0.717) is 12.5 Å². The Bertz CT molecular complexity index is 544. The van der Waals surface area contributed by atoms with Crippen molar-refractivity contribution in [3.8, 4) is 0 Å². The molecule has 1 aromatic rings. The molecule has 0 bridgehead atoms. The van der Waals surface area contributed by atoms with Crippen molar-refractivity contribution in [3.05, 3.63) is 17.5 Å². The number of piperidine rings is 1. The zero-order valence-electron chi connectivity index (χ0n) is 17.2. The maximum absolute atomic E-state index is 5.35. The van der Waals surface area contributed by atoms with Crippen LogP contribution in [0.5, 0.6) is 0 Å². The minimum Gasteiger partial charge on any atom is -0.359 e. The zero-order chi connectivity index (χ0) is 18.9. The number of hydrogen-bond donors (Lipinski definition) is 2. The quantitative estimate of drug-likeness (QED) is 0.422. The minimum absolute atomic E-state index is 0.385. The van der Waals surface area contributed by atoms with Gasteiger partial charge in [-0.05, 0) is 43.6 Å². The lowest BCUT2D eigenvalue weighted by molar-refractivity contribution is 0.139. The fourth-order valence-electron chi connectivity index (χ4n) is 3.72. The van der Waals surface area contributed by atoms with E-state index < -0.39 is 0 Å². The second kappa shape index (κ2) is 10.6. The molecule has 1 saturated heterocycles. The first kappa shape index (κ1) is 20.7. The lowest BCUT2D eigenvalue weighted by Crippen LogP contribution is -2.40. The lowest BCUT2D eigenvalue weighted by Gasteiger charge is -2.34. The van der Waals surface area contributed by atoms with Crippen molar-refractivity contribution in [1.82, 2.24) is 20.7 Å². The third kappa shape index (κ3) is 6.98. The van der Waals surface area contributed by atoms with Gasteiger partial charge in [0, 0.05) is 32.7 Å². The van der Waals surface area contributed by atoms with Crippen LogP contribution in [-0.4, -0.2) is 49.2 Å². The van der Waals surface area contributed by atoms with Crippen LogP contribution in [0, 0.1) is 11.8 Å². The number of nitrogens with one attached hydrogen (secondary N) is 2. The van der Waals surface area contributed by atoms with E-state index in [2.05, 4.69) is 53.4 Å². The van der Waals surface area contributed by atoms with E-state index >= 15 is 0 Å². The lowest BCUT2D eigenvalue weighted by atomic mass is 9.92. The van der Waals surface area contributed by atoms with Crippen molar-refractivity contribution >= 4 is 5.96 Å². The highest BCUT2D eigenvalue weighted by atomic mass is 16.5. The van der Waals surface area contributed by atoms with Crippen molar-refractivity contribution in [3.63, 3.8) is 0 Å². The molecule has 2 heterocycles. The summed E-state index contributed by atoms with van der Waals surface area (Å²) in [5, 5.41) is 10.7. The summed E-state index contributed by atoms with van der Waals surface area (Å²) in [6.07, 6.45) is 3.76. The third-order valence-electron chi connectivity index (χ3n) is 4.96.